The molecule has 0 heterocycles. The Morgan fingerprint density at radius 3 is 2.14 bits per heavy atom. The number of nitrogens with zero attached hydrogens (tertiary/aromatic N) is 1. The van der Waals surface area contributed by atoms with Crippen molar-refractivity contribution < 1.29 is 17.5 Å². The van der Waals surface area contributed by atoms with Crippen LogP contribution in [0.25, 0.3) is 0 Å². The van der Waals surface area contributed by atoms with Crippen LogP contribution in [0, 0.1) is 0 Å². The van der Waals surface area contributed by atoms with E-state index in [2.05, 4.69) is 50.7 Å². The summed E-state index contributed by atoms with van der Waals surface area (Å²) < 4.78 is 0.820. The molecule has 0 atom stereocenters. The lowest BCUT2D eigenvalue weighted by Crippen LogP contribution is -3.00. The van der Waals surface area contributed by atoms with Crippen LogP contribution in [0.3, 0.4) is 0 Å². The van der Waals surface area contributed by atoms with Crippen molar-refractivity contribution in [3.05, 3.63) is 53.6 Å². The number of phenolic OH excluding ortho intramolecular Hbond substituents is 1. The number of benzene rings is 2. The van der Waals surface area contributed by atoms with Gasteiger partial charge in [0, 0.05) is 18.3 Å². The molecule has 0 bridgehead atoms. The largest absolute Gasteiger partial charge is 1.00 e. The second-order valence-corrected chi connectivity index (χ2v) is 6.23. The van der Waals surface area contributed by atoms with E-state index in [9.17, 15) is 5.11 Å². The molecule has 2 N–H and O–H groups in total. The number of aromatic hydroxyl groups is 1. The molecule has 2 aromatic rings. The second kappa shape index (κ2) is 7.52. The zero-order valence-electron chi connectivity index (χ0n) is 13.7. The Balaban J connectivity index is 0.00000242. The third-order valence-corrected chi connectivity index (χ3v) is 3.67. The SMILES string of the molecule is CCc1ccc(NCc2ccc([N+](C)(C)C)cc2)cc1O.[Cl-]. The Labute approximate surface area is 139 Å². The fourth-order valence-electron chi connectivity index (χ4n) is 2.24. The quantitative estimate of drug-likeness (QED) is 0.798. The molecule has 0 amide bonds. The fourth-order valence-corrected chi connectivity index (χ4v) is 2.24. The van der Waals surface area contributed by atoms with Crippen LogP contribution >= 0.6 is 0 Å². The molecule has 0 saturated heterocycles. The van der Waals surface area contributed by atoms with Gasteiger partial charge >= 0.3 is 0 Å². The molecule has 4 heteroatoms. The molecular formula is C18H25ClN2O. The van der Waals surface area contributed by atoms with Crippen LogP contribution < -0.4 is 22.2 Å². The monoisotopic (exact) mass is 320 g/mol. The molecule has 2 aromatic carbocycles. The number of quaternary nitrogens is 1. The average molecular weight is 321 g/mol. The highest BCUT2D eigenvalue weighted by Gasteiger charge is 2.10. The summed E-state index contributed by atoms with van der Waals surface area (Å²) in [4.78, 5) is 0. The van der Waals surface area contributed by atoms with Crippen LogP contribution in [0.15, 0.2) is 42.5 Å². The summed E-state index contributed by atoms with van der Waals surface area (Å²) in [5, 5.41) is 13.2. The van der Waals surface area contributed by atoms with Gasteiger partial charge in [-0.3, -0.25) is 4.48 Å². The first-order valence-electron chi connectivity index (χ1n) is 7.37. The topological polar surface area (TPSA) is 32.3 Å². The number of rotatable bonds is 5. The molecule has 0 aliphatic rings. The van der Waals surface area contributed by atoms with Gasteiger partial charge in [0.15, 0.2) is 0 Å². The standard InChI is InChI=1S/C18H24N2O.ClH/c1-5-15-8-9-16(12-18(15)21)19-13-14-6-10-17(11-7-14)20(2,3)4;/h6-12,19H,5,13H2,1-4H3;1H. The van der Waals surface area contributed by atoms with Crippen LogP contribution in [-0.4, -0.2) is 26.2 Å². The Morgan fingerprint density at radius 2 is 1.64 bits per heavy atom. The predicted octanol–water partition coefficient (Wildman–Crippen LogP) is 0.767. The number of anilines is 1. The predicted molar refractivity (Wildman–Crippen MR) is 90.8 cm³/mol. The number of halogens is 1. The van der Waals surface area contributed by atoms with Gasteiger partial charge < -0.3 is 22.8 Å². The third-order valence-electron chi connectivity index (χ3n) is 3.67. The molecule has 2 rings (SSSR count). The number of hydrogen-bond acceptors (Lipinski definition) is 2. The Morgan fingerprint density at radius 1 is 1.00 bits per heavy atom. The number of phenols is 1. The highest BCUT2D eigenvalue weighted by molar-refractivity contribution is 5.52. The molecule has 0 fully saturated rings. The maximum absolute atomic E-state index is 9.87. The third kappa shape index (κ3) is 4.65. The van der Waals surface area contributed by atoms with Crippen LogP contribution in [0.2, 0.25) is 0 Å². The molecule has 0 aliphatic carbocycles. The van der Waals surface area contributed by atoms with Crippen LogP contribution in [0.5, 0.6) is 5.75 Å². The van der Waals surface area contributed by atoms with Crippen molar-refractivity contribution in [3.8, 4) is 5.75 Å². The van der Waals surface area contributed by atoms with E-state index in [4.69, 9.17) is 0 Å². The van der Waals surface area contributed by atoms with Crippen molar-refractivity contribution in [3.63, 3.8) is 0 Å². The fraction of sp³-hybridized carbons (Fsp3) is 0.333. The number of hydrogen-bond donors (Lipinski definition) is 2. The van der Waals surface area contributed by atoms with Crippen molar-refractivity contribution in [2.45, 2.75) is 19.9 Å². The Hall–Kier alpha value is -1.71. The van der Waals surface area contributed by atoms with Gasteiger partial charge in [-0.2, -0.15) is 0 Å². The molecule has 22 heavy (non-hydrogen) atoms. The van der Waals surface area contributed by atoms with Crippen LogP contribution in [0.4, 0.5) is 11.4 Å². The molecular weight excluding hydrogens is 296 g/mol. The van der Waals surface area contributed by atoms with Gasteiger partial charge in [0.2, 0.25) is 0 Å². The van der Waals surface area contributed by atoms with Gasteiger partial charge in [0.25, 0.3) is 0 Å². The minimum Gasteiger partial charge on any atom is -1.00 e. The van der Waals surface area contributed by atoms with Gasteiger partial charge in [-0.1, -0.05) is 25.1 Å². The summed E-state index contributed by atoms with van der Waals surface area (Å²) >= 11 is 0. The van der Waals surface area contributed by atoms with Crippen LogP contribution in [-0.2, 0) is 13.0 Å². The minimum atomic E-state index is 0. The summed E-state index contributed by atoms with van der Waals surface area (Å²) in [5.74, 6) is 0.364. The summed E-state index contributed by atoms with van der Waals surface area (Å²) in [6, 6.07) is 14.4. The van der Waals surface area contributed by atoms with E-state index in [1.807, 2.05) is 19.1 Å². The highest BCUT2D eigenvalue weighted by Crippen LogP contribution is 2.23. The highest BCUT2D eigenvalue weighted by atomic mass is 35.5. The lowest BCUT2D eigenvalue weighted by Gasteiger charge is -2.23. The van der Waals surface area contributed by atoms with Crippen molar-refractivity contribution in [2.24, 2.45) is 0 Å². The number of nitrogens with one attached hydrogen (secondary N) is 1. The van der Waals surface area contributed by atoms with E-state index in [-0.39, 0.29) is 12.4 Å². The molecule has 0 saturated carbocycles. The van der Waals surface area contributed by atoms with Crippen molar-refractivity contribution in [1.29, 1.82) is 0 Å². The summed E-state index contributed by atoms with van der Waals surface area (Å²) in [6.45, 7) is 2.79. The Kier molecular flexibility index (Phi) is 6.27. The van der Waals surface area contributed by atoms with Crippen LogP contribution in [0.1, 0.15) is 18.1 Å². The minimum absolute atomic E-state index is 0. The molecule has 120 valence electrons. The van der Waals surface area contributed by atoms with Gasteiger partial charge in [-0.25, -0.2) is 0 Å². The first kappa shape index (κ1) is 18.3. The molecule has 0 spiro atoms. The summed E-state index contributed by atoms with van der Waals surface area (Å²) in [7, 11) is 6.47. The lowest BCUT2D eigenvalue weighted by atomic mass is 10.1. The molecule has 0 unspecified atom stereocenters. The maximum atomic E-state index is 9.87. The maximum Gasteiger partial charge on any atom is 0.132 e. The zero-order valence-corrected chi connectivity index (χ0v) is 14.5. The average Bonchev–Trinajstić information content (AvgIpc) is 2.45. The lowest BCUT2D eigenvalue weighted by molar-refractivity contribution is -0.00000562. The van der Waals surface area contributed by atoms with E-state index in [1.165, 1.54) is 11.3 Å². The molecule has 0 aliphatic heterocycles. The zero-order chi connectivity index (χ0) is 15.5. The first-order valence-corrected chi connectivity index (χ1v) is 7.37. The van der Waals surface area contributed by atoms with Crippen molar-refractivity contribution >= 4 is 11.4 Å². The van der Waals surface area contributed by atoms with Gasteiger partial charge in [0.1, 0.15) is 11.4 Å². The van der Waals surface area contributed by atoms with Crippen molar-refractivity contribution in [2.75, 3.05) is 26.5 Å². The van der Waals surface area contributed by atoms with E-state index >= 15 is 0 Å². The smallest absolute Gasteiger partial charge is 0.132 e. The van der Waals surface area contributed by atoms with Gasteiger partial charge in [-0.15, -0.1) is 0 Å². The second-order valence-electron chi connectivity index (χ2n) is 6.23. The van der Waals surface area contributed by atoms with E-state index in [1.54, 1.807) is 6.07 Å². The van der Waals surface area contributed by atoms with Gasteiger partial charge in [-0.05, 0) is 35.7 Å². The first-order chi connectivity index (χ1) is 9.90. The molecule has 0 aromatic heterocycles. The molecule has 3 nitrogen and oxygen atoms in total. The normalized spacial score (nSPS) is 10.9. The summed E-state index contributed by atoms with van der Waals surface area (Å²) in [5.41, 5.74) is 4.43. The van der Waals surface area contributed by atoms with E-state index in [0.717, 1.165) is 28.7 Å². The van der Waals surface area contributed by atoms with E-state index in [0.29, 0.717) is 5.75 Å². The number of aryl methyl sites for hydroxylation is 1. The van der Waals surface area contributed by atoms with Crippen molar-refractivity contribution in [1.82, 2.24) is 4.48 Å². The van der Waals surface area contributed by atoms with E-state index < -0.39 is 0 Å². The molecule has 0 radical (unpaired) electrons. The Bertz CT molecular complexity index is 603. The summed E-state index contributed by atoms with van der Waals surface area (Å²) in [6.07, 6.45) is 0.846. The van der Waals surface area contributed by atoms with Gasteiger partial charge in [0.05, 0.1) is 21.1 Å².